The van der Waals surface area contributed by atoms with Crippen LogP contribution in [0.4, 0.5) is 0 Å². The lowest BCUT2D eigenvalue weighted by atomic mass is 9.78. The molecule has 0 saturated carbocycles. The first-order valence-corrected chi connectivity index (χ1v) is 14.3. The predicted molar refractivity (Wildman–Crippen MR) is 171 cm³/mol. The van der Waals surface area contributed by atoms with Crippen LogP contribution in [0.3, 0.4) is 0 Å². The molecule has 10 nitrogen and oxygen atoms in total. The van der Waals surface area contributed by atoms with Crippen molar-refractivity contribution in [2.45, 2.75) is 19.3 Å². The molecule has 0 N–H and O–H groups in total. The van der Waals surface area contributed by atoms with Crippen molar-refractivity contribution >= 4 is 23.9 Å². The molecule has 0 heterocycles. The minimum atomic E-state index is -0.601. The number of benzene rings is 4. The zero-order valence-corrected chi connectivity index (χ0v) is 25.8. The molecular weight excluding hydrogens is 604 g/mol. The fraction of sp³-hybridized carbons (Fsp3) is 0.135. The van der Waals surface area contributed by atoms with Gasteiger partial charge in [-0.25, -0.2) is 19.2 Å². The fourth-order valence-corrected chi connectivity index (χ4v) is 4.18. The largest absolute Gasteiger partial charge is 0.457 e. The molecule has 0 radical (unpaired) electrons. The van der Waals surface area contributed by atoms with Crippen LogP contribution in [0.1, 0.15) is 45.7 Å². The van der Waals surface area contributed by atoms with E-state index in [9.17, 15) is 19.2 Å². The number of rotatable bonds is 14. The molecule has 0 unspecified atom stereocenters. The van der Waals surface area contributed by atoms with Gasteiger partial charge >= 0.3 is 23.9 Å². The van der Waals surface area contributed by atoms with Gasteiger partial charge in [-0.1, -0.05) is 51.3 Å². The SMILES string of the molecule is C=CC(=O)OCOc1ccc(C(=O)Oc2ccc(C(C)(C)c3ccc(OC(=O)c4ccc(OCOC(=O)C=C)cc4)cc3)cc2)cc1. The molecule has 0 bridgehead atoms. The summed E-state index contributed by atoms with van der Waals surface area (Å²) in [6, 6.07) is 26.9. The van der Waals surface area contributed by atoms with Crippen LogP contribution < -0.4 is 18.9 Å². The summed E-state index contributed by atoms with van der Waals surface area (Å²) in [5.41, 5.74) is 2.17. The maximum atomic E-state index is 12.7. The number of esters is 4. The van der Waals surface area contributed by atoms with Crippen LogP contribution in [0.25, 0.3) is 0 Å². The van der Waals surface area contributed by atoms with Crippen LogP contribution in [0.15, 0.2) is 122 Å². The lowest BCUT2D eigenvalue weighted by Gasteiger charge is -2.26. The Bertz CT molecular complexity index is 1590. The van der Waals surface area contributed by atoms with Gasteiger partial charge in [0, 0.05) is 17.6 Å². The molecule has 0 aliphatic carbocycles. The van der Waals surface area contributed by atoms with Gasteiger partial charge in [0.25, 0.3) is 0 Å². The average Bonchev–Trinajstić information content (AvgIpc) is 3.09. The summed E-state index contributed by atoms with van der Waals surface area (Å²) in [7, 11) is 0. The normalized spacial score (nSPS) is 10.6. The highest BCUT2D eigenvalue weighted by atomic mass is 16.7. The quantitative estimate of drug-likeness (QED) is 0.0649. The lowest BCUT2D eigenvalue weighted by Crippen LogP contribution is -2.19. The molecule has 4 rings (SSSR count). The second kappa shape index (κ2) is 15.7. The highest BCUT2D eigenvalue weighted by molar-refractivity contribution is 5.91. The van der Waals surface area contributed by atoms with Gasteiger partial charge < -0.3 is 28.4 Å². The molecule has 0 aliphatic heterocycles. The first-order chi connectivity index (χ1) is 22.6. The summed E-state index contributed by atoms with van der Waals surface area (Å²) in [5, 5.41) is 0. The maximum Gasteiger partial charge on any atom is 0.343 e. The first kappa shape index (κ1) is 33.7. The van der Waals surface area contributed by atoms with Gasteiger partial charge in [-0.2, -0.15) is 0 Å². The van der Waals surface area contributed by atoms with Crippen molar-refractivity contribution < 1.29 is 47.6 Å². The molecule has 0 fully saturated rings. The highest BCUT2D eigenvalue weighted by Gasteiger charge is 2.24. The average molecular weight is 637 g/mol. The van der Waals surface area contributed by atoms with Gasteiger partial charge in [-0.05, 0) is 83.9 Å². The molecule has 47 heavy (non-hydrogen) atoms. The number of hydrogen-bond donors (Lipinski definition) is 0. The zero-order chi connectivity index (χ0) is 33.8. The van der Waals surface area contributed by atoms with Crippen molar-refractivity contribution in [1.82, 2.24) is 0 Å². The van der Waals surface area contributed by atoms with E-state index in [1.807, 2.05) is 24.3 Å². The van der Waals surface area contributed by atoms with Crippen molar-refractivity contribution in [3.8, 4) is 23.0 Å². The number of carbonyl (C=O) groups is 4. The standard InChI is InChI=1S/C37H32O10/c1-5-33(38)44-23-42-29-15-7-25(8-16-29)35(40)46-31-19-11-27(12-20-31)37(3,4)28-13-21-32(22-14-28)47-36(41)26-9-17-30(18-10-26)43-24-45-34(39)6-2/h5-22H,1-2,23-24H2,3-4H3. The highest BCUT2D eigenvalue weighted by Crippen LogP contribution is 2.33. The Labute approximate surface area is 271 Å². The Morgan fingerprint density at radius 1 is 0.532 bits per heavy atom. The third-order valence-corrected chi connectivity index (χ3v) is 6.94. The second-order valence-electron chi connectivity index (χ2n) is 10.4. The van der Waals surface area contributed by atoms with Gasteiger partial charge in [0.1, 0.15) is 23.0 Å². The Morgan fingerprint density at radius 2 is 0.851 bits per heavy atom. The van der Waals surface area contributed by atoms with Gasteiger partial charge in [0.2, 0.25) is 13.6 Å². The van der Waals surface area contributed by atoms with Crippen LogP contribution in [0.2, 0.25) is 0 Å². The van der Waals surface area contributed by atoms with E-state index < -0.39 is 29.3 Å². The van der Waals surface area contributed by atoms with Gasteiger partial charge in [0.05, 0.1) is 11.1 Å². The van der Waals surface area contributed by atoms with E-state index in [1.165, 1.54) is 0 Å². The summed E-state index contributed by atoms with van der Waals surface area (Å²) in [4.78, 5) is 47.5. The van der Waals surface area contributed by atoms with E-state index in [1.54, 1.807) is 72.8 Å². The Morgan fingerprint density at radius 3 is 1.17 bits per heavy atom. The Hall–Kier alpha value is -6.16. The van der Waals surface area contributed by atoms with Crippen molar-refractivity contribution in [2.24, 2.45) is 0 Å². The van der Waals surface area contributed by atoms with Crippen LogP contribution in [-0.2, 0) is 24.5 Å². The number of ether oxygens (including phenoxy) is 6. The van der Waals surface area contributed by atoms with E-state index in [2.05, 4.69) is 27.0 Å². The van der Waals surface area contributed by atoms with E-state index in [0.717, 1.165) is 23.3 Å². The summed E-state index contributed by atoms with van der Waals surface area (Å²) in [6.45, 7) is 10.2. The minimum absolute atomic E-state index is 0.276. The predicted octanol–water partition coefficient (Wildman–Crippen LogP) is 6.58. The minimum Gasteiger partial charge on any atom is -0.457 e. The number of hydrogen-bond acceptors (Lipinski definition) is 10. The third-order valence-electron chi connectivity index (χ3n) is 6.94. The van der Waals surface area contributed by atoms with Crippen molar-refractivity contribution in [3.05, 3.63) is 145 Å². The maximum absolute atomic E-state index is 12.7. The van der Waals surface area contributed by atoms with E-state index in [4.69, 9.17) is 28.4 Å². The molecule has 4 aromatic rings. The van der Waals surface area contributed by atoms with Crippen molar-refractivity contribution in [1.29, 1.82) is 0 Å². The van der Waals surface area contributed by atoms with Gasteiger partial charge in [0.15, 0.2) is 0 Å². The molecule has 10 heteroatoms. The van der Waals surface area contributed by atoms with Gasteiger partial charge in [-0.3, -0.25) is 0 Å². The van der Waals surface area contributed by atoms with Crippen LogP contribution in [-0.4, -0.2) is 37.5 Å². The second-order valence-corrected chi connectivity index (χ2v) is 10.4. The van der Waals surface area contributed by atoms with Gasteiger partial charge in [-0.15, -0.1) is 0 Å². The van der Waals surface area contributed by atoms with E-state index in [0.29, 0.717) is 34.1 Å². The Kier molecular flexibility index (Phi) is 11.3. The molecule has 0 spiro atoms. The summed E-state index contributed by atoms with van der Waals surface area (Å²) in [6.07, 6.45) is 2.07. The monoisotopic (exact) mass is 636 g/mol. The summed E-state index contributed by atoms with van der Waals surface area (Å²) >= 11 is 0. The molecule has 0 saturated heterocycles. The molecule has 240 valence electrons. The fourth-order valence-electron chi connectivity index (χ4n) is 4.18. The topological polar surface area (TPSA) is 124 Å². The molecule has 4 aromatic carbocycles. The molecular formula is C37H32O10. The molecule has 0 amide bonds. The Balaban J connectivity index is 1.30. The van der Waals surface area contributed by atoms with Crippen molar-refractivity contribution in [3.63, 3.8) is 0 Å². The van der Waals surface area contributed by atoms with E-state index >= 15 is 0 Å². The lowest BCUT2D eigenvalue weighted by molar-refractivity contribution is -0.145. The van der Waals surface area contributed by atoms with E-state index in [-0.39, 0.29) is 13.6 Å². The molecule has 0 atom stereocenters. The van der Waals surface area contributed by atoms with Crippen LogP contribution in [0, 0.1) is 0 Å². The third kappa shape index (κ3) is 9.41. The first-order valence-electron chi connectivity index (χ1n) is 14.3. The number of carbonyl (C=O) groups excluding carboxylic acids is 4. The zero-order valence-electron chi connectivity index (χ0n) is 25.8. The van der Waals surface area contributed by atoms with Crippen LogP contribution in [0.5, 0.6) is 23.0 Å². The molecule has 0 aliphatic rings. The summed E-state index contributed by atoms with van der Waals surface area (Å²) in [5.74, 6) is -0.689. The summed E-state index contributed by atoms with van der Waals surface area (Å²) < 4.78 is 31.2. The smallest absolute Gasteiger partial charge is 0.343 e. The van der Waals surface area contributed by atoms with Crippen molar-refractivity contribution in [2.75, 3.05) is 13.6 Å². The molecule has 0 aromatic heterocycles. The van der Waals surface area contributed by atoms with Crippen LogP contribution >= 0.6 is 0 Å².